The number of piperazine rings is 1. The van der Waals surface area contributed by atoms with Crippen LogP contribution < -0.4 is 5.32 Å². The Morgan fingerprint density at radius 3 is 2.52 bits per heavy atom. The smallest absolute Gasteiger partial charge is 0.314 e. The summed E-state index contributed by atoms with van der Waals surface area (Å²) in [6.45, 7) is 3.29. The van der Waals surface area contributed by atoms with Crippen LogP contribution in [0.15, 0.2) is 18.2 Å². The van der Waals surface area contributed by atoms with Crippen LogP contribution in [-0.4, -0.2) is 59.3 Å². The van der Waals surface area contributed by atoms with E-state index in [1.54, 1.807) is 17.0 Å². The van der Waals surface area contributed by atoms with Gasteiger partial charge >= 0.3 is 11.8 Å². The number of aryl methyl sites for hydroxylation is 1. The molecule has 1 saturated heterocycles. The summed E-state index contributed by atoms with van der Waals surface area (Å²) >= 11 is 0. The van der Waals surface area contributed by atoms with Crippen molar-refractivity contribution in [2.45, 2.75) is 6.92 Å². The summed E-state index contributed by atoms with van der Waals surface area (Å²) in [6, 6.07) is 4.74. The average Bonchev–Trinajstić information content (AvgIpc) is 2.50. The van der Waals surface area contributed by atoms with E-state index in [2.05, 4.69) is 5.32 Å². The topological polar surface area (TPSA) is 89.9 Å². The summed E-state index contributed by atoms with van der Waals surface area (Å²) in [5, 5.41) is 12.1. The predicted molar refractivity (Wildman–Crippen MR) is 75.7 cm³/mol. The molecule has 1 fully saturated rings. The van der Waals surface area contributed by atoms with Crippen LogP contribution in [0.4, 0.5) is 5.69 Å². The van der Waals surface area contributed by atoms with Crippen molar-refractivity contribution in [1.29, 1.82) is 0 Å². The maximum absolute atomic E-state index is 12.0. The van der Waals surface area contributed by atoms with Gasteiger partial charge in [0.25, 0.3) is 0 Å². The van der Waals surface area contributed by atoms with E-state index in [1.165, 1.54) is 11.0 Å². The number of carbonyl (C=O) groups excluding carboxylic acids is 3. The third kappa shape index (κ3) is 3.50. The third-order valence-corrected chi connectivity index (χ3v) is 3.35. The van der Waals surface area contributed by atoms with Gasteiger partial charge in [-0.25, -0.2) is 0 Å². The Hall–Kier alpha value is -2.57. The molecule has 1 aromatic rings. The lowest BCUT2D eigenvalue weighted by molar-refractivity contribution is -0.144. The first-order valence-electron chi connectivity index (χ1n) is 6.60. The first-order valence-corrected chi connectivity index (χ1v) is 6.60. The Morgan fingerprint density at radius 1 is 1.24 bits per heavy atom. The first kappa shape index (κ1) is 14.8. The molecule has 2 rings (SSSR count). The summed E-state index contributed by atoms with van der Waals surface area (Å²) < 4.78 is 0. The molecule has 112 valence electrons. The van der Waals surface area contributed by atoms with E-state index < -0.39 is 11.8 Å². The fraction of sp³-hybridized carbons (Fsp3) is 0.357. The normalized spacial score (nSPS) is 14.7. The van der Waals surface area contributed by atoms with E-state index in [1.807, 2.05) is 6.92 Å². The van der Waals surface area contributed by atoms with Crippen molar-refractivity contribution in [1.82, 2.24) is 9.80 Å². The van der Waals surface area contributed by atoms with Gasteiger partial charge in [-0.3, -0.25) is 14.4 Å². The van der Waals surface area contributed by atoms with Crippen LogP contribution in [0.5, 0.6) is 5.75 Å². The summed E-state index contributed by atoms with van der Waals surface area (Å²) in [7, 11) is 0. The largest absolute Gasteiger partial charge is 0.506 e. The fourth-order valence-corrected chi connectivity index (χ4v) is 2.10. The van der Waals surface area contributed by atoms with Crippen molar-refractivity contribution in [2.75, 3.05) is 31.5 Å². The highest BCUT2D eigenvalue weighted by Crippen LogP contribution is 2.23. The van der Waals surface area contributed by atoms with Gasteiger partial charge in [-0.15, -0.1) is 0 Å². The van der Waals surface area contributed by atoms with Crippen LogP contribution >= 0.6 is 0 Å². The molecule has 1 heterocycles. The second kappa shape index (κ2) is 6.25. The van der Waals surface area contributed by atoms with Gasteiger partial charge in [0.15, 0.2) is 0 Å². The molecule has 0 spiro atoms. The van der Waals surface area contributed by atoms with E-state index in [-0.39, 0.29) is 11.4 Å². The predicted octanol–water partition coefficient (Wildman–Crippen LogP) is -0.0603. The van der Waals surface area contributed by atoms with E-state index in [0.29, 0.717) is 26.2 Å². The number of nitrogens with one attached hydrogen (secondary N) is 1. The van der Waals surface area contributed by atoms with Crippen molar-refractivity contribution < 1.29 is 19.5 Å². The molecule has 3 amide bonds. The average molecular weight is 291 g/mol. The maximum atomic E-state index is 12.0. The number of hydrogen-bond acceptors (Lipinski definition) is 4. The Labute approximate surface area is 122 Å². The van der Waals surface area contributed by atoms with Crippen molar-refractivity contribution >= 4 is 23.9 Å². The zero-order chi connectivity index (χ0) is 15.4. The zero-order valence-electron chi connectivity index (χ0n) is 11.7. The highest BCUT2D eigenvalue weighted by atomic mass is 16.3. The van der Waals surface area contributed by atoms with E-state index in [0.717, 1.165) is 12.0 Å². The fourth-order valence-electron chi connectivity index (χ4n) is 2.10. The molecule has 0 bridgehead atoms. The summed E-state index contributed by atoms with van der Waals surface area (Å²) in [5.74, 6) is -1.55. The van der Waals surface area contributed by atoms with Gasteiger partial charge in [-0.05, 0) is 24.6 Å². The summed E-state index contributed by atoms with van der Waals surface area (Å²) in [5.41, 5.74) is 1.06. The Balaban J connectivity index is 1.98. The number of phenolic OH excluding ortho intramolecular Hbond substituents is 1. The van der Waals surface area contributed by atoms with Crippen molar-refractivity contribution in [3.63, 3.8) is 0 Å². The molecule has 0 saturated carbocycles. The standard InChI is InChI=1S/C14H17N3O4/c1-10-2-3-12(19)11(8-10)15-13(20)14(21)17-6-4-16(9-18)5-7-17/h2-3,8-9,19H,4-7H2,1H3,(H,15,20). The van der Waals surface area contributed by atoms with Gasteiger partial charge in [-0.1, -0.05) is 6.07 Å². The number of phenols is 1. The monoisotopic (exact) mass is 291 g/mol. The van der Waals surface area contributed by atoms with Gasteiger partial charge < -0.3 is 20.2 Å². The van der Waals surface area contributed by atoms with Gasteiger partial charge in [0, 0.05) is 26.2 Å². The van der Waals surface area contributed by atoms with Gasteiger partial charge in [0.05, 0.1) is 5.69 Å². The third-order valence-electron chi connectivity index (χ3n) is 3.35. The molecular formula is C14H17N3O4. The molecule has 7 nitrogen and oxygen atoms in total. The molecule has 21 heavy (non-hydrogen) atoms. The second-order valence-electron chi connectivity index (χ2n) is 4.91. The van der Waals surface area contributed by atoms with E-state index in [9.17, 15) is 19.5 Å². The number of aromatic hydroxyl groups is 1. The van der Waals surface area contributed by atoms with Crippen molar-refractivity contribution in [2.24, 2.45) is 0 Å². The number of amides is 3. The molecule has 2 N–H and O–H groups in total. The molecule has 0 radical (unpaired) electrons. The number of anilines is 1. The molecule has 7 heteroatoms. The van der Waals surface area contributed by atoms with Crippen molar-refractivity contribution in [3.05, 3.63) is 23.8 Å². The quantitative estimate of drug-likeness (QED) is 0.454. The molecule has 0 aliphatic carbocycles. The number of nitrogens with zero attached hydrogens (tertiary/aromatic N) is 2. The Morgan fingerprint density at radius 2 is 1.90 bits per heavy atom. The van der Waals surface area contributed by atoms with Gasteiger partial charge in [0.1, 0.15) is 5.75 Å². The van der Waals surface area contributed by atoms with E-state index >= 15 is 0 Å². The molecule has 1 aromatic carbocycles. The molecule has 0 aromatic heterocycles. The highest BCUT2D eigenvalue weighted by Gasteiger charge is 2.26. The van der Waals surface area contributed by atoms with Crippen molar-refractivity contribution in [3.8, 4) is 5.75 Å². The maximum Gasteiger partial charge on any atom is 0.314 e. The SMILES string of the molecule is Cc1ccc(O)c(NC(=O)C(=O)N2CCN(C=O)CC2)c1. The lowest BCUT2D eigenvalue weighted by atomic mass is 10.2. The molecular weight excluding hydrogens is 274 g/mol. The molecule has 1 aliphatic heterocycles. The molecule has 1 aliphatic rings. The van der Waals surface area contributed by atoms with Crippen LogP contribution in [0.2, 0.25) is 0 Å². The van der Waals surface area contributed by atoms with E-state index in [4.69, 9.17) is 0 Å². The minimum atomic E-state index is -0.796. The summed E-state index contributed by atoms with van der Waals surface area (Å²) in [4.78, 5) is 37.5. The Kier molecular flexibility index (Phi) is 4.42. The lowest BCUT2D eigenvalue weighted by Crippen LogP contribution is -2.51. The second-order valence-corrected chi connectivity index (χ2v) is 4.91. The van der Waals surface area contributed by atoms with Crippen LogP contribution in [-0.2, 0) is 14.4 Å². The number of benzene rings is 1. The molecule has 0 unspecified atom stereocenters. The van der Waals surface area contributed by atoms with Gasteiger partial charge in [-0.2, -0.15) is 0 Å². The van der Waals surface area contributed by atoms with Crippen LogP contribution in [0.3, 0.4) is 0 Å². The lowest BCUT2D eigenvalue weighted by Gasteiger charge is -2.32. The number of carbonyl (C=O) groups is 3. The molecule has 0 atom stereocenters. The number of hydrogen-bond donors (Lipinski definition) is 2. The Bertz CT molecular complexity index is 565. The highest BCUT2D eigenvalue weighted by molar-refractivity contribution is 6.39. The zero-order valence-corrected chi connectivity index (χ0v) is 11.7. The summed E-state index contributed by atoms with van der Waals surface area (Å²) in [6.07, 6.45) is 0.729. The van der Waals surface area contributed by atoms with Crippen LogP contribution in [0.1, 0.15) is 5.56 Å². The minimum Gasteiger partial charge on any atom is -0.506 e. The first-order chi connectivity index (χ1) is 10.0. The van der Waals surface area contributed by atoms with Gasteiger partial charge in [0.2, 0.25) is 6.41 Å². The van der Waals surface area contributed by atoms with Crippen LogP contribution in [0.25, 0.3) is 0 Å². The minimum absolute atomic E-state index is 0.0903. The van der Waals surface area contributed by atoms with Crippen LogP contribution in [0, 0.1) is 6.92 Å². The number of rotatable bonds is 2.